The zero-order valence-corrected chi connectivity index (χ0v) is 16.4. The van der Waals surface area contributed by atoms with Gasteiger partial charge in [0, 0.05) is 24.5 Å². The van der Waals surface area contributed by atoms with Crippen LogP contribution in [-0.4, -0.2) is 25.0 Å². The Bertz CT molecular complexity index is 1040. The molecule has 28 heavy (non-hydrogen) atoms. The molecule has 1 N–H and O–H groups in total. The predicted molar refractivity (Wildman–Crippen MR) is 105 cm³/mol. The number of aromatic nitrogens is 4. The molecule has 7 nitrogen and oxygen atoms in total. The molecule has 1 aliphatic heterocycles. The van der Waals surface area contributed by atoms with E-state index in [9.17, 15) is 4.39 Å². The van der Waals surface area contributed by atoms with Crippen LogP contribution in [0.2, 0.25) is 0 Å². The summed E-state index contributed by atoms with van der Waals surface area (Å²) in [6, 6.07) is 10.1. The number of thioether (sulfide) groups is 1. The van der Waals surface area contributed by atoms with E-state index < -0.39 is 0 Å². The molecule has 144 valence electrons. The van der Waals surface area contributed by atoms with Crippen LogP contribution < -0.4 is 10.6 Å². The lowest BCUT2D eigenvalue weighted by molar-refractivity contribution is 0.187. The van der Waals surface area contributed by atoms with Gasteiger partial charge in [0.2, 0.25) is 0 Å². The lowest BCUT2D eigenvalue weighted by Crippen LogP contribution is -2.28. The molecule has 4 rings (SSSR count). The summed E-state index contributed by atoms with van der Waals surface area (Å²) in [6.45, 7) is 3.95. The van der Waals surface area contributed by atoms with Gasteiger partial charge < -0.3 is 9.40 Å². The van der Waals surface area contributed by atoms with E-state index >= 15 is 0 Å². The first kappa shape index (κ1) is 18.3. The lowest BCUT2D eigenvalue weighted by Gasteiger charge is -2.19. The molecule has 3 heterocycles. The molecule has 0 spiro atoms. The van der Waals surface area contributed by atoms with E-state index in [1.807, 2.05) is 49.9 Å². The predicted octanol–water partition coefficient (Wildman–Crippen LogP) is 3.60. The van der Waals surface area contributed by atoms with Crippen molar-refractivity contribution in [2.24, 2.45) is 7.05 Å². The third-order valence-corrected chi connectivity index (χ3v) is 5.39. The quantitative estimate of drug-likeness (QED) is 0.659. The minimum Gasteiger partial charge on any atom is -0.361 e. The van der Waals surface area contributed by atoms with Crippen LogP contribution in [-0.2, 0) is 11.9 Å². The van der Waals surface area contributed by atoms with Gasteiger partial charge >= 0.3 is 0 Å². The van der Waals surface area contributed by atoms with Crippen LogP contribution in [0.3, 0.4) is 0 Å². The minimum atomic E-state index is -0.301. The molecule has 0 bridgehead atoms. The molecule has 0 amide bonds. The molecule has 0 fully saturated rings. The fraction of sp³-hybridized carbons (Fsp3) is 0.211. The van der Waals surface area contributed by atoms with Crippen molar-refractivity contribution in [2.45, 2.75) is 24.3 Å². The van der Waals surface area contributed by atoms with Crippen molar-refractivity contribution in [3.63, 3.8) is 0 Å². The molecule has 0 radical (unpaired) electrons. The van der Waals surface area contributed by atoms with E-state index in [0.29, 0.717) is 11.4 Å². The molecule has 3 aromatic rings. The minimum absolute atomic E-state index is 0.0105. The highest BCUT2D eigenvalue weighted by atomic mass is 32.2. The second-order valence-electron chi connectivity index (χ2n) is 6.35. The van der Waals surface area contributed by atoms with Crippen molar-refractivity contribution in [2.75, 3.05) is 5.17 Å². The van der Waals surface area contributed by atoms with Gasteiger partial charge in [-0.15, -0.1) is 15.4 Å². The van der Waals surface area contributed by atoms with E-state index in [0.717, 1.165) is 22.3 Å². The lowest BCUT2D eigenvalue weighted by atomic mass is 10.2. The van der Waals surface area contributed by atoms with Crippen LogP contribution in [0.15, 0.2) is 59.7 Å². The van der Waals surface area contributed by atoms with Gasteiger partial charge in [-0.2, -0.15) is 0 Å². The Labute approximate surface area is 166 Å². The number of hydrogen-bond acceptors (Lipinski definition) is 7. The Hall–Kier alpha value is -3.07. The normalized spacial score (nSPS) is 14.4. The highest BCUT2D eigenvalue weighted by Gasteiger charge is 2.24. The number of hydrogen-bond donors (Lipinski definition) is 1. The van der Waals surface area contributed by atoms with Crippen molar-refractivity contribution in [3.8, 4) is 11.4 Å². The van der Waals surface area contributed by atoms with E-state index in [1.165, 1.54) is 23.9 Å². The van der Waals surface area contributed by atoms with Crippen LogP contribution in [0.25, 0.3) is 11.4 Å². The van der Waals surface area contributed by atoms with Crippen molar-refractivity contribution < 1.29 is 9.23 Å². The average Bonchev–Trinajstić information content (AvgIpc) is 3.30. The summed E-state index contributed by atoms with van der Waals surface area (Å²) >= 11 is 1.51. The first-order chi connectivity index (χ1) is 13.5. The molecule has 1 unspecified atom stereocenters. The highest BCUT2D eigenvalue weighted by Crippen LogP contribution is 2.31. The summed E-state index contributed by atoms with van der Waals surface area (Å²) in [4.78, 5) is 10.1. The number of nitrogens with one attached hydrogen (secondary N) is 1. The third kappa shape index (κ3) is 3.65. The molecule has 0 saturated carbocycles. The molecule has 1 atom stereocenters. The Morgan fingerprint density at radius 2 is 2.07 bits per heavy atom. The Kier molecular flexibility index (Phi) is 4.91. The molecule has 0 aliphatic carbocycles. The van der Waals surface area contributed by atoms with Crippen molar-refractivity contribution in [1.29, 1.82) is 0 Å². The molecule has 1 aliphatic rings. The number of pyridine rings is 1. The maximum absolute atomic E-state index is 13.5. The zero-order chi connectivity index (χ0) is 19.7. The average molecular weight is 398 g/mol. The SMILES string of the molecule is Cc1cc(N2NC=C(C(C)Sc3nnc(-c4cccc(F)c4)n3C)O2)ccn1. The number of anilines is 1. The van der Waals surface area contributed by atoms with Crippen molar-refractivity contribution >= 4 is 17.4 Å². The number of halogens is 1. The van der Waals surface area contributed by atoms with Gasteiger partial charge in [-0.05, 0) is 38.1 Å². The number of rotatable bonds is 5. The second kappa shape index (κ2) is 7.51. The number of aryl methyl sites for hydroxylation is 1. The summed E-state index contributed by atoms with van der Waals surface area (Å²) in [5.41, 5.74) is 5.55. The van der Waals surface area contributed by atoms with Crippen LogP contribution in [0.5, 0.6) is 0 Å². The highest BCUT2D eigenvalue weighted by molar-refractivity contribution is 7.99. The van der Waals surface area contributed by atoms with Gasteiger partial charge in [0.05, 0.1) is 11.4 Å². The van der Waals surface area contributed by atoms with Crippen LogP contribution in [0.4, 0.5) is 10.1 Å². The number of hydrazine groups is 1. The maximum atomic E-state index is 13.5. The topological polar surface area (TPSA) is 68.1 Å². The van der Waals surface area contributed by atoms with Gasteiger partial charge in [-0.1, -0.05) is 23.9 Å². The summed E-state index contributed by atoms with van der Waals surface area (Å²) in [7, 11) is 1.86. The van der Waals surface area contributed by atoms with E-state index in [1.54, 1.807) is 17.4 Å². The molecule has 1 aromatic carbocycles. The van der Waals surface area contributed by atoms with Crippen molar-refractivity contribution in [1.82, 2.24) is 25.2 Å². The fourth-order valence-corrected chi connectivity index (χ4v) is 3.64. The number of nitrogens with zero attached hydrogens (tertiary/aromatic N) is 5. The standard InChI is InChI=1S/C19H19FN6OS/c1-12-9-16(7-8-21-12)26-22-11-17(27-26)13(2)28-19-24-23-18(25(19)3)14-5-4-6-15(20)10-14/h4-11,13,22H,1-3H3. The summed E-state index contributed by atoms with van der Waals surface area (Å²) < 4.78 is 15.4. The Morgan fingerprint density at radius 1 is 1.21 bits per heavy atom. The molecular weight excluding hydrogens is 379 g/mol. The summed E-state index contributed by atoms with van der Waals surface area (Å²) in [5, 5.41) is 10.8. The van der Waals surface area contributed by atoms with Crippen LogP contribution in [0.1, 0.15) is 12.6 Å². The maximum Gasteiger partial charge on any atom is 0.191 e. The largest absolute Gasteiger partial charge is 0.361 e. The van der Waals surface area contributed by atoms with E-state index in [2.05, 4.69) is 20.6 Å². The van der Waals surface area contributed by atoms with Crippen LogP contribution >= 0.6 is 11.8 Å². The van der Waals surface area contributed by atoms with Gasteiger partial charge in [-0.25, -0.2) is 4.39 Å². The van der Waals surface area contributed by atoms with Gasteiger partial charge in [0.15, 0.2) is 16.7 Å². The van der Waals surface area contributed by atoms with Crippen molar-refractivity contribution in [3.05, 3.63) is 66.1 Å². The molecule has 2 aromatic heterocycles. The Balaban J connectivity index is 1.45. The van der Waals surface area contributed by atoms with Gasteiger partial charge in [0.25, 0.3) is 0 Å². The summed E-state index contributed by atoms with van der Waals surface area (Å²) in [5.74, 6) is 1.07. The third-order valence-electron chi connectivity index (χ3n) is 4.24. The molecular formula is C19H19FN6OS. The van der Waals surface area contributed by atoms with E-state index in [4.69, 9.17) is 4.84 Å². The zero-order valence-electron chi connectivity index (χ0n) is 15.6. The first-order valence-corrected chi connectivity index (χ1v) is 9.58. The first-order valence-electron chi connectivity index (χ1n) is 8.70. The van der Waals surface area contributed by atoms with Crippen LogP contribution in [0, 0.1) is 12.7 Å². The molecule has 9 heteroatoms. The monoisotopic (exact) mass is 398 g/mol. The van der Waals surface area contributed by atoms with E-state index in [-0.39, 0.29) is 11.1 Å². The molecule has 0 saturated heterocycles. The summed E-state index contributed by atoms with van der Waals surface area (Å²) in [6.07, 6.45) is 3.55. The van der Waals surface area contributed by atoms with Gasteiger partial charge in [-0.3, -0.25) is 10.4 Å². The number of benzene rings is 1. The smallest absolute Gasteiger partial charge is 0.191 e. The van der Waals surface area contributed by atoms with Gasteiger partial charge in [0.1, 0.15) is 11.5 Å². The fourth-order valence-electron chi connectivity index (χ4n) is 2.77. The second-order valence-corrected chi connectivity index (χ2v) is 7.66. The Morgan fingerprint density at radius 3 is 2.86 bits per heavy atom.